The Labute approximate surface area is 119 Å². The first kappa shape index (κ1) is 14.9. The SMILES string of the molecule is CCCC(CCC)C(O)c1ccc2c(c1)oc(=O)n2C. The van der Waals surface area contributed by atoms with Gasteiger partial charge in [-0.3, -0.25) is 4.57 Å². The molecule has 20 heavy (non-hydrogen) atoms. The molecule has 1 N–H and O–H groups in total. The maximum Gasteiger partial charge on any atom is 0.419 e. The lowest BCUT2D eigenvalue weighted by Crippen LogP contribution is -2.12. The number of hydrogen-bond acceptors (Lipinski definition) is 3. The van der Waals surface area contributed by atoms with E-state index in [1.165, 1.54) is 4.57 Å². The number of rotatable bonds is 6. The van der Waals surface area contributed by atoms with Crippen LogP contribution in [-0.2, 0) is 7.05 Å². The van der Waals surface area contributed by atoms with Crippen molar-refractivity contribution in [2.45, 2.75) is 45.6 Å². The van der Waals surface area contributed by atoms with Crippen LogP contribution in [0.4, 0.5) is 0 Å². The lowest BCUT2D eigenvalue weighted by Gasteiger charge is -2.22. The smallest absolute Gasteiger partial charge is 0.408 e. The zero-order chi connectivity index (χ0) is 14.7. The summed E-state index contributed by atoms with van der Waals surface area (Å²) in [6, 6.07) is 5.52. The first-order valence-corrected chi connectivity index (χ1v) is 7.36. The molecule has 1 atom stereocenters. The van der Waals surface area contributed by atoms with Crippen LogP contribution in [0.15, 0.2) is 27.4 Å². The van der Waals surface area contributed by atoms with E-state index in [-0.39, 0.29) is 11.7 Å². The van der Waals surface area contributed by atoms with E-state index in [0.29, 0.717) is 5.58 Å². The summed E-state index contributed by atoms with van der Waals surface area (Å²) in [4.78, 5) is 11.5. The number of nitrogens with zero attached hydrogens (tertiary/aromatic N) is 1. The molecule has 2 aromatic rings. The Kier molecular flexibility index (Phi) is 4.65. The van der Waals surface area contributed by atoms with E-state index in [1.54, 1.807) is 13.1 Å². The molecule has 0 saturated carbocycles. The van der Waals surface area contributed by atoms with Gasteiger partial charge in [0.15, 0.2) is 5.58 Å². The average Bonchev–Trinajstić information content (AvgIpc) is 2.72. The Morgan fingerprint density at radius 1 is 1.25 bits per heavy atom. The largest absolute Gasteiger partial charge is 0.419 e. The average molecular weight is 277 g/mol. The van der Waals surface area contributed by atoms with Gasteiger partial charge in [-0.15, -0.1) is 0 Å². The number of benzene rings is 1. The first-order valence-electron chi connectivity index (χ1n) is 7.36. The highest BCUT2D eigenvalue weighted by molar-refractivity contribution is 5.73. The maximum absolute atomic E-state index is 11.5. The maximum atomic E-state index is 11.5. The molecule has 1 aromatic heterocycles. The van der Waals surface area contributed by atoms with Gasteiger partial charge >= 0.3 is 5.76 Å². The Morgan fingerprint density at radius 3 is 2.50 bits per heavy atom. The molecule has 1 aromatic carbocycles. The minimum atomic E-state index is -0.496. The van der Waals surface area contributed by atoms with E-state index in [1.807, 2.05) is 12.1 Å². The normalized spacial score (nSPS) is 13.2. The summed E-state index contributed by atoms with van der Waals surface area (Å²) in [5.74, 6) is -0.108. The Bertz CT molecular complexity index is 620. The Morgan fingerprint density at radius 2 is 1.90 bits per heavy atom. The molecule has 110 valence electrons. The van der Waals surface area contributed by atoms with E-state index in [0.717, 1.165) is 36.8 Å². The number of hydrogen-bond donors (Lipinski definition) is 1. The predicted octanol–water partition coefficient (Wildman–Crippen LogP) is 3.38. The summed E-state index contributed by atoms with van der Waals surface area (Å²) in [6.07, 6.45) is 3.64. The van der Waals surface area contributed by atoms with E-state index in [4.69, 9.17) is 4.42 Å². The fourth-order valence-electron chi connectivity index (χ4n) is 2.81. The van der Waals surface area contributed by atoms with Crippen LogP contribution in [-0.4, -0.2) is 9.67 Å². The molecule has 0 amide bonds. The summed E-state index contributed by atoms with van der Waals surface area (Å²) in [7, 11) is 1.68. The second kappa shape index (κ2) is 6.27. The topological polar surface area (TPSA) is 55.4 Å². The third kappa shape index (κ3) is 2.80. The number of aryl methyl sites for hydroxylation is 1. The van der Waals surface area contributed by atoms with Gasteiger partial charge in [0.2, 0.25) is 0 Å². The van der Waals surface area contributed by atoms with Crippen LogP contribution in [0.3, 0.4) is 0 Å². The van der Waals surface area contributed by atoms with Gasteiger partial charge in [-0.1, -0.05) is 32.8 Å². The molecule has 0 saturated heterocycles. The van der Waals surface area contributed by atoms with Crippen molar-refractivity contribution in [3.05, 3.63) is 34.3 Å². The van der Waals surface area contributed by atoms with Crippen LogP contribution in [0.25, 0.3) is 11.1 Å². The van der Waals surface area contributed by atoms with Gasteiger partial charge in [0.25, 0.3) is 0 Å². The van der Waals surface area contributed by atoms with E-state index in [2.05, 4.69) is 13.8 Å². The van der Waals surface area contributed by atoms with Gasteiger partial charge < -0.3 is 9.52 Å². The lowest BCUT2D eigenvalue weighted by molar-refractivity contribution is 0.0965. The van der Waals surface area contributed by atoms with Crippen LogP contribution in [0.1, 0.15) is 51.2 Å². The molecule has 0 fully saturated rings. The lowest BCUT2D eigenvalue weighted by atomic mass is 9.88. The molecular weight excluding hydrogens is 254 g/mol. The van der Waals surface area contributed by atoms with Crippen molar-refractivity contribution < 1.29 is 9.52 Å². The van der Waals surface area contributed by atoms with Gasteiger partial charge in [-0.25, -0.2) is 4.79 Å². The molecule has 0 aliphatic rings. The molecule has 0 spiro atoms. The molecule has 2 rings (SSSR count). The number of fused-ring (bicyclic) bond motifs is 1. The van der Waals surface area contributed by atoms with E-state index >= 15 is 0 Å². The fourth-order valence-corrected chi connectivity index (χ4v) is 2.81. The molecule has 0 aliphatic heterocycles. The summed E-state index contributed by atoms with van der Waals surface area (Å²) >= 11 is 0. The Hall–Kier alpha value is -1.55. The summed E-state index contributed by atoms with van der Waals surface area (Å²) in [5, 5.41) is 10.6. The highest BCUT2D eigenvalue weighted by Gasteiger charge is 2.20. The minimum absolute atomic E-state index is 0.262. The van der Waals surface area contributed by atoms with Crippen molar-refractivity contribution in [2.24, 2.45) is 13.0 Å². The molecular formula is C16H23NO3. The quantitative estimate of drug-likeness (QED) is 0.880. The zero-order valence-corrected chi connectivity index (χ0v) is 12.4. The zero-order valence-electron chi connectivity index (χ0n) is 12.4. The molecule has 1 heterocycles. The molecule has 1 unspecified atom stereocenters. The number of aliphatic hydroxyl groups excluding tert-OH is 1. The van der Waals surface area contributed by atoms with Crippen LogP contribution >= 0.6 is 0 Å². The van der Waals surface area contributed by atoms with Crippen molar-refractivity contribution in [1.82, 2.24) is 4.57 Å². The van der Waals surface area contributed by atoms with E-state index in [9.17, 15) is 9.90 Å². The summed E-state index contributed by atoms with van der Waals surface area (Å²) in [6.45, 7) is 4.27. The van der Waals surface area contributed by atoms with Crippen molar-refractivity contribution in [2.75, 3.05) is 0 Å². The minimum Gasteiger partial charge on any atom is -0.408 e. The van der Waals surface area contributed by atoms with Crippen LogP contribution in [0, 0.1) is 5.92 Å². The van der Waals surface area contributed by atoms with Crippen molar-refractivity contribution in [1.29, 1.82) is 0 Å². The van der Waals surface area contributed by atoms with E-state index < -0.39 is 6.10 Å². The van der Waals surface area contributed by atoms with Crippen molar-refractivity contribution in [3.8, 4) is 0 Å². The highest BCUT2D eigenvalue weighted by atomic mass is 16.4. The van der Waals surface area contributed by atoms with Crippen molar-refractivity contribution >= 4 is 11.1 Å². The standard InChI is InChI=1S/C16H23NO3/c1-4-6-11(7-5-2)15(18)12-8-9-13-14(10-12)20-16(19)17(13)3/h8-11,15,18H,4-7H2,1-3H3. The van der Waals surface area contributed by atoms with Crippen LogP contribution in [0.5, 0.6) is 0 Å². The summed E-state index contributed by atoms with van der Waals surface area (Å²) < 4.78 is 6.66. The molecule has 4 heteroatoms. The summed E-state index contributed by atoms with van der Waals surface area (Å²) in [5.41, 5.74) is 2.13. The Balaban J connectivity index is 2.33. The van der Waals surface area contributed by atoms with Crippen molar-refractivity contribution in [3.63, 3.8) is 0 Å². The highest BCUT2D eigenvalue weighted by Crippen LogP contribution is 2.31. The molecule has 0 aliphatic carbocycles. The number of oxazole rings is 1. The second-order valence-corrected chi connectivity index (χ2v) is 5.44. The third-order valence-electron chi connectivity index (χ3n) is 3.92. The van der Waals surface area contributed by atoms with Gasteiger partial charge in [0, 0.05) is 7.05 Å². The van der Waals surface area contributed by atoms with Gasteiger partial charge in [-0.05, 0) is 36.5 Å². The monoisotopic (exact) mass is 277 g/mol. The molecule has 4 nitrogen and oxygen atoms in total. The fraction of sp³-hybridized carbons (Fsp3) is 0.562. The second-order valence-electron chi connectivity index (χ2n) is 5.44. The number of aromatic nitrogens is 1. The van der Waals surface area contributed by atoms with Crippen LogP contribution < -0.4 is 5.76 Å². The number of aliphatic hydroxyl groups is 1. The van der Waals surface area contributed by atoms with Crippen LogP contribution in [0.2, 0.25) is 0 Å². The third-order valence-corrected chi connectivity index (χ3v) is 3.92. The first-order chi connectivity index (χ1) is 9.58. The predicted molar refractivity (Wildman–Crippen MR) is 79.7 cm³/mol. The van der Waals surface area contributed by atoms with Gasteiger partial charge in [-0.2, -0.15) is 0 Å². The molecule has 0 bridgehead atoms. The van der Waals surface area contributed by atoms with Gasteiger partial charge in [0.1, 0.15) is 0 Å². The van der Waals surface area contributed by atoms with Gasteiger partial charge in [0.05, 0.1) is 11.6 Å². The molecule has 0 radical (unpaired) electrons.